The van der Waals surface area contributed by atoms with Crippen LogP contribution in [0.1, 0.15) is 23.6 Å². The molecule has 0 saturated carbocycles. The molecule has 0 heterocycles. The Morgan fingerprint density at radius 3 is 1.22 bits per heavy atom. The number of azo groups is 2. The van der Waals surface area contributed by atoms with Crippen molar-refractivity contribution in [3.05, 3.63) is 108 Å². The summed E-state index contributed by atoms with van der Waals surface area (Å²) in [7, 11) is -10.1. The summed E-state index contributed by atoms with van der Waals surface area (Å²) in [6.45, 7) is 0. The summed E-state index contributed by atoms with van der Waals surface area (Å²) in [5.74, 6) is -4.76. The summed E-state index contributed by atoms with van der Waals surface area (Å²) in [5.41, 5.74) is 9.40. The monoisotopic (exact) mass is 822 g/mol. The summed E-state index contributed by atoms with van der Waals surface area (Å²) in [4.78, 5) is 20.5. The van der Waals surface area contributed by atoms with Gasteiger partial charge in [-0.2, -0.15) is 0 Å². The fourth-order valence-corrected chi connectivity index (χ4v) is 6.24. The summed E-state index contributed by atoms with van der Waals surface area (Å²) < 4.78 is 69.5. The number of nitrogens with two attached hydrogens (primary N) is 2. The fourth-order valence-electron chi connectivity index (χ4n) is 4.96. The van der Waals surface area contributed by atoms with Gasteiger partial charge >= 0.3 is 20.2 Å². The summed E-state index contributed by atoms with van der Waals surface area (Å²) in [5, 5.41) is 62.3. The molecule has 6 aromatic rings. The van der Waals surface area contributed by atoms with E-state index < -0.39 is 64.8 Å². The molecule has 278 valence electrons. The summed E-state index contributed by atoms with van der Waals surface area (Å²) in [6.07, 6.45) is 0. The molecule has 0 fully saturated rings. The fraction of sp³-hybridized carbons (Fsp3) is 0. The van der Waals surface area contributed by atoms with Crippen LogP contribution in [0.15, 0.2) is 127 Å². The van der Waals surface area contributed by atoms with Gasteiger partial charge in [-0.1, -0.05) is 60.0 Å². The maximum Gasteiger partial charge on any atom is 4.00 e. The zero-order valence-electron chi connectivity index (χ0n) is 29.3. The smallest absolute Gasteiger partial charge is 0.871 e. The molecule has 0 amide bonds. The second-order valence-electron chi connectivity index (χ2n) is 11.0. The molecule has 0 spiro atoms. The number of hydrogen-bond donors (Lipinski definition) is 2. The Labute approximate surface area is 324 Å². The average Bonchev–Trinajstić information content (AvgIpc) is 3.10. The Morgan fingerprint density at radius 1 is 0.545 bits per heavy atom. The van der Waals surface area contributed by atoms with Gasteiger partial charge in [-0.05, 0) is 70.1 Å². The molecular formula is C34H22CrN6O12S2. The van der Waals surface area contributed by atoms with Crippen molar-refractivity contribution in [3.63, 3.8) is 0 Å². The number of anilines is 2. The normalized spacial score (nSPS) is 11.7. The molecule has 0 aliphatic heterocycles. The van der Waals surface area contributed by atoms with Crippen molar-refractivity contribution in [1.29, 1.82) is 0 Å². The SMILES string of the molecule is Nc1ccc2c([O-])c(N=Nc3ccccc3C(=O)[O-])c(S(=O)(=O)[O-])cc2c1.Nc1ccc2c([O-])c(N=Nc3ccccc3C(=O)[O-])c(S(=O)(=O)[O-])cc2c1.[Cr+4].[H+].[H+]. The van der Waals surface area contributed by atoms with Gasteiger partial charge in [0.1, 0.15) is 20.2 Å². The van der Waals surface area contributed by atoms with Gasteiger partial charge in [0.2, 0.25) is 0 Å². The van der Waals surface area contributed by atoms with Crippen LogP contribution in [-0.4, -0.2) is 37.9 Å². The Morgan fingerprint density at radius 2 is 0.891 bits per heavy atom. The maximum absolute atomic E-state index is 12.6. The molecule has 0 aliphatic carbocycles. The van der Waals surface area contributed by atoms with Crippen LogP contribution >= 0.6 is 0 Å². The molecule has 6 aromatic carbocycles. The Hall–Kier alpha value is -6.47. The topological polar surface area (TPSA) is 342 Å². The molecule has 0 bridgehead atoms. The van der Waals surface area contributed by atoms with Crippen molar-refractivity contribution in [3.8, 4) is 11.5 Å². The number of hydrogen-bond acceptors (Lipinski definition) is 18. The quantitative estimate of drug-likeness (QED) is 0.127. The Kier molecular flexibility index (Phi) is 12.2. The third-order valence-corrected chi connectivity index (χ3v) is 9.11. The van der Waals surface area contributed by atoms with Crippen molar-refractivity contribution in [2.75, 3.05) is 11.5 Å². The van der Waals surface area contributed by atoms with E-state index in [1.54, 1.807) is 0 Å². The number of nitrogen functional groups attached to an aromatic ring is 2. The van der Waals surface area contributed by atoms with E-state index in [1.165, 1.54) is 84.9 Å². The first kappa shape index (κ1) is 41.3. The van der Waals surface area contributed by atoms with E-state index in [1.807, 2.05) is 0 Å². The number of aromatic carboxylic acids is 2. The largest absolute Gasteiger partial charge is 4.00 e. The molecule has 0 saturated heterocycles. The molecule has 18 nitrogen and oxygen atoms in total. The van der Waals surface area contributed by atoms with Gasteiger partial charge < -0.3 is 50.6 Å². The van der Waals surface area contributed by atoms with Gasteiger partial charge in [0, 0.05) is 22.5 Å². The molecule has 21 heteroatoms. The first-order valence-electron chi connectivity index (χ1n) is 14.8. The van der Waals surface area contributed by atoms with Crippen LogP contribution in [0.2, 0.25) is 0 Å². The molecule has 0 unspecified atom stereocenters. The Balaban J connectivity index is 0.000000374. The van der Waals surface area contributed by atoms with Crippen LogP contribution in [0.3, 0.4) is 0 Å². The molecule has 4 N–H and O–H groups in total. The third-order valence-electron chi connectivity index (χ3n) is 7.41. The van der Waals surface area contributed by atoms with E-state index in [2.05, 4.69) is 20.5 Å². The van der Waals surface area contributed by atoms with E-state index in [-0.39, 0.29) is 75.6 Å². The number of nitrogens with zero attached hydrogens (tertiary/aromatic N) is 4. The summed E-state index contributed by atoms with van der Waals surface area (Å²) >= 11 is 0. The zero-order chi connectivity index (χ0) is 39.5. The minimum Gasteiger partial charge on any atom is -0.871 e. The maximum atomic E-state index is 12.6. The van der Waals surface area contributed by atoms with E-state index in [9.17, 15) is 56.0 Å². The van der Waals surface area contributed by atoms with Crippen molar-refractivity contribution < 1.29 is 76.2 Å². The molecule has 0 aromatic heterocycles. The first-order valence-corrected chi connectivity index (χ1v) is 17.6. The molecular weight excluding hydrogens is 801 g/mol. The number of rotatable bonds is 8. The van der Waals surface area contributed by atoms with Gasteiger partial charge in [-0.3, -0.25) is 0 Å². The zero-order valence-corrected chi connectivity index (χ0v) is 30.2. The number of carboxylic acids is 2. The molecule has 0 aliphatic rings. The molecule has 6 rings (SSSR count). The number of fused-ring (bicyclic) bond motifs is 2. The minimum atomic E-state index is -5.06. The van der Waals surface area contributed by atoms with Gasteiger partial charge in [0.25, 0.3) is 0 Å². The Bertz CT molecular complexity index is 2620. The second-order valence-corrected chi connectivity index (χ2v) is 13.7. The van der Waals surface area contributed by atoms with Crippen LogP contribution in [0.5, 0.6) is 11.5 Å². The average molecular weight is 823 g/mol. The number of benzene rings is 6. The van der Waals surface area contributed by atoms with Gasteiger partial charge in [0.05, 0.1) is 44.5 Å². The predicted molar refractivity (Wildman–Crippen MR) is 184 cm³/mol. The van der Waals surface area contributed by atoms with Crippen molar-refractivity contribution in [1.82, 2.24) is 0 Å². The van der Waals surface area contributed by atoms with Crippen LogP contribution < -0.4 is 31.9 Å². The third kappa shape index (κ3) is 9.19. The molecule has 0 radical (unpaired) electrons. The summed E-state index contributed by atoms with van der Waals surface area (Å²) in [6, 6.07) is 21.0. The van der Waals surface area contributed by atoms with Crippen LogP contribution in [0, 0.1) is 0 Å². The van der Waals surface area contributed by atoms with Crippen molar-refractivity contribution >= 4 is 87.8 Å². The van der Waals surface area contributed by atoms with Gasteiger partial charge in [-0.15, -0.1) is 20.5 Å². The number of carboxylic acid groups (broad SMARTS) is 2. The van der Waals surface area contributed by atoms with Crippen molar-refractivity contribution in [2.45, 2.75) is 9.79 Å². The molecule has 55 heavy (non-hydrogen) atoms. The number of carbonyl (C=O) groups is 2. The molecule has 0 atom stereocenters. The van der Waals surface area contributed by atoms with E-state index >= 15 is 0 Å². The van der Waals surface area contributed by atoms with Crippen LogP contribution in [0.25, 0.3) is 21.5 Å². The van der Waals surface area contributed by atoms with Crippen LogP contribution in [-0.2, 0) is 37.6 Å². The van der Waals surface area contributed by atoms with Gasteiger partial charge in [-0.25, -0.2) is 16.8 Å². The second kappa shape index (κ2) is 16.3. The van der Waals surface area contributed by atoms with Crippen molar-refractivity contribution in [2.24, 2.45) is 20.5 Å². The first-order chi connectivity index (χ1) is 25.4. The standard InChI is InChI=1S/2C17H13N3O6S.Cr/c2*18-10-5-6-11-9(7-10)8-14(27(24,25)26)15(16(11)21)20-19-13-4-2-1-3-12(13)17(22)23;/h2*1-8,21H,18H2,(H,22,23)(H,24,25,26);/q;;+4/p-4. The van der Waals surface area contributed by atoms with Crippen LogP contribution in [0.4, 0.5) is 34.1 Å². The van der Waals surface area contributed by atoms with Gasteiger partial charge in [0.15, 0.2) is 0 Å². The minimum absolute atomic E-state index is 0. The number of carbonyl (C=O) groups excluding carboxylic acids is 2. The van der Waals surface area contributed by atoms with E-state index in [4.69, 9.17) is 11.5 Å². The predicted octanol–water partition coefficient (Wildman–Crippen LogP) is 2.58. The van der Waals surface area contributed by atoms with E-state index in [0.717, 1.165) is 12.1 Å². The van der Waals surface area contributed by atoms with E-state index in [0.29, 0.717) is 0 Å².